The van der Waals surface area contributed by atoms with Crippen molar-refractivity contribution in [3.63, 3.8) is 0 Å². The molecule has 0 saturated heterocycles. The monoisotopic (exact) mass is 484 g/mol. The van der Waals surface area contributed by atoms with Crippen molar-refractivity contribution in [1.82, 2.24) is 10.3 Å². The summed E-state index contributed by atoms with van der Waals surface area (Å²) < 4.78 is 12.1. The van der Waals surface area contributed by atoms with Crippen LogP contribution in [0, 0.1) is 15.4 Å². The molecule has 1 aromatic heterocycles. The molecule has 1 N–H and O–H groups in total. The summed E-state index contributed by atoms with van der Waals surface area (Å²) in [6.07, 6.45) is 1.91. The zero-order valence-corrected chi connectivity index (χ0v) is 18.1. The average molecular weight is 484 g/mol. The first-order valence-electron chi connectivity index (χ1n) is 7.92. The number of para-hydroxylation sites is 1. The van der Waals surface area contributed by atoms with Crippen LogP contribution < -0.4 is 10.1 Å². The van der Waals surface area contributed by atoms with Gasteiger partial charge >= 0.3 is 0 Å². The first-order chi connectivity index (χ1) is 12.4. The van der Waals surface area contributed by atoms with Gasteiger partial charge in [-0.2, -0.15) is 0 Å². The van der Waals surface area contributed by atoms with E-state index in [1.807, 2.05) is 43.5 Å². The molecule has 0 aliphatic rings. The number of methoxy groups -OCH3 is 1. The third-order valence-corrected chi connectivity index (χ3v) is 5.32. The number of carbonyl (C=O) groups excluding carboxylic acids is 1. The van der Waals surface area contributed by atoms with Crippen LogP contribution in [-0.2, 0) is 9.53 Å². The van der Waals surface area contributed by atoms with Crippen molar-refractivity contribution >= 4 is 51.2 Å². The van der Waals surface area contributed by atoms with Crippen LogP contribution in [0.2, 0.25) is 0 Å². The molecule has 2 atom stereocenters. The number of hydrogen-bond acceptors (Lipinski definition) is 5. The Kier molecular flexibility index (Phi) is 7.55. The number of amides is 1. The third kappa shape index (κ3) is 5.25. The highest BCUT2D eigenvalue weighted by Crippen LogP contribution is 2.29. The summed E-state index contributed by atoms with van der Waals surface area (Å²) in [6, 6.07) is 9.90. The summed E-state index contributed by atoms with van der Waals surface area (Å²) in [5.41, 5.74) is -0.479. The Morgan fingerprint density at radius 1 is 1.46 bits per heavy atom. The second-order valence-electron chi connectivity index (χ2n) is 5.77. The predicted molar refractivity (Wildman–Crippen MR) is 114 cm³/mol. The number of thioether (sulfide) groups is 1. The van der Waals surface area contributed by atoms with E-state index < -0.39 is 11.0 Å². The fourth-order valence-corrected chi connectivity index (χ4v) is 3.82. The maximum absolute atomic E-state index is 11.7. The average Bonchev–Trinajstić information content (AvgIpc) is 2.59. The lowest BCUT2D eigenvalue weighted by Crippen LogP contribution is -2.54. The van der Waals surface area contributed by atoms with E-state index in [1.54, 1.807) is 7.11 Å². The first-order valence-corrected chi connectivity index (χ1v) is 10.3. The highest BCUT2D eigenvalue weighted by molar-refractivity contribution is 14.1. The standard InChI is InChI=1S/C19H21IN2O3S/c1-13(23)22-19(2,10-7-11-24-3)18(26-4)25-17-15(20)12-14-8-5-6-9-16(14)21-17/h5-6,8-9,12,18H,11H2,1-4H3,(H,22,23). The predicted octanol–water partition coefficient (Wildman–Crippen LogP) is 3.45. The van der Waals surface area contributed by atoms with Gasteiger partial charge in [0.1, 0.15) is 12.1 Å². The van der Waals surface area contributed by atoms with Gasteiger partial charge in [-0.3, -0.25) is 4.79 Å². The van der Waals surface area contributed by atoms with Crippen molar-refractivity contribution in [3.05, 3.63) is 33.9 Å². The molecule has 0 spiro atoms. The van der Waals surface area contributed by atoms with E-state index in [1.165, 1.54) is 18.7 Å². The summed E-state index contributed by atoms with van der Waals surface area (Å²) in [4.78, 5) is 16.3. The molecule has 1 amide bonds. The van der Waals surface area contributed by atoms with Gasteiger partial charge in [0, 0.05) is 19.4 Å². The molecule has 26 heavy (non-hydrogen) atoms. The topological polar surface area (TPSA) is 60.5 Å². The van der Waals surface area contributed by atoms with Gasteiger partial charge in [-0.05, 0) is 47.9 Å². The summed E-state index contributed by atoms with van der Waals surface area (Å²) in [7, 11) is 1.58. The lowest BCUT2D eigenvalue weighted by atomic mass is 10.0. The zero-order valence-electron chi connectivity index (χ0n) is 15.1. The Balaban J connectivity index is 2.37. The van der Waals surface area contributed by atoms with Crippen molar-refractivity contribution in [2.75, 3.05) is 20.0 Å². The van der Waals surface area contributed by atoms with Crippen molar-refractivity contribution in [1.29, 1.82) is 0 Å². The van der Waals surface area contributed by atoms with Crippen LogP contribution in [0.3, 0.4) is 0 Å². The molecule has 0 radical (unpaired) electrons. The molecule has 2 rings (SSSR count). The van der Waals surface area contributed by atoms with E-state index in [2.05, 4.69) is 44.7 Å². The Morgan fingerprint density at radius 3 is 2.85 bits per heavy atom. The van der Waals surface area contributed by atoms with Gasteiger partial charge in [-0.15, -0.1) is 11.8 Å². The quantitative estimate of drug-likeness (QED) is 0.387. The number of ether oxygens (including phenoxy) is 2. The number of halogens is 1. The molecule has 2 unspecified atom stereocenters. The number of hydrogen-bond donors (Lipinski definition) is 1. The number of benzene rings is 1. The number of pyridine rings is 1. The largest absolute Gasteiger partial charge is 0.459 e. The summed E-state index contributed by atoms with van der Waals surface area (Å²) >= 11 is 3.67. The molecule has 0 saturated carbocycles. The van der Waals surface area contributed by atoms with Gasteiger partial charge in [-0.1, -0.05) is 30.0 Å². The lowest BCUT2D eigenvalue weighted by molar-refractivity contribution is -0.120. The number of nitrogens with one attached hydrogen (secondary N) is 1. The Morgan fingerprint density at radius 2 is 2.19 bits per heavy atom. The molecule has 5 nitrogen and oxygen atoms in total. The molecule has 0 aliphatic carbocycles. The van der Waals surface area contributed by atoms with Crippen molar-refractivity contribution in [2.45, 2.75) is 24.8 Å². The van der Waals surface area contributed by atoms with Crippen LogP contribution in [0.4, 0.5) is 0 Å². The minimum absolute atomic E-state index is 0.178. The van der Waals surface area contributed by atoms with Gasteiger partial charge in [0.2, 0.25) is 11.8 Å². The minimum atomic E-state index is -0.889. The van der Waals surface area contributed by atoms with Crippen LogP contribution >= 0.6 is 34.4 Å². The normalized spacial score (nSPS) is 14.0. The van der Waals surface area contributed by atoms with Crippen molar-refractivity contribution in [2.24, 2.45) is 0 Å². The van der Waals surface area contributed by atoms with Gasteiger partial charge in [-0.25, -0.2) is 4.98 Å². The van der Waals surface area contributed by atoms with Gasteiger partial charge in [0.25, 0.3) is 0 Å². The Labute approximate surface area is 171 Å². The van der Waals surface area contributed by atoms with Gasteiger partial charge < -0.3 is 14.8 Å². The zero-order chi connectivity index (χ0) is 19.2. The SMILES string of the molecule is COCC#CC(C)(NC(C)=O)C(Oc1nc2ccccc2cc1I)SC. The van der Waals surface area contributed by atoms with E-state index in [0.717, 1.165) is 14.5 Å². The lowest BCUT2D eigenvalue weighted by Gasteiger charge is -2.32. The number of rotatable bonds is 6. The van der Waals surface area contributed by atoms with Gasteiger partial charge in [0.15, 0.2) is 5.44 Å². The number of fused-ring (bicyclic) bond motifs is 1. The van der Waals surface area contributed by atoms with Crippen LogP contribution in [0.25, 0.3) is 10.9 Å². The summed E-state index contributed by atoms with van der Waals surface area (Å²) in [5.74, 6) is 6.34. The van der Waals surface area contributed by atoms with Gasteiger partial charge in [0.05, 0.1) is 9.09 Å². The van der Waals surface area contributed by atoms with Crippen LogP contribution in [-0.4, -0.2) is 41.8 Å². The van der Waals surface area contributed by atoms with Crippen LogP contribution in [0.15, 0.2) is 30.3 Å². The van der Waals surface area contributed by atoms with E-state index in [9.17, 15) is 4.79 Å². The third-order valence-electron chi connectivity index (χ3n) is 3.55. The highest BCUT2D eigenvalue weighted by atomic mass is 127. The fraction of sp³-hybridized carbons (Fsp3) is 0.368. The molecule has 0 bridgehead atoms. The molecule has 7 heteroatoms. The second kappa shape index (κ2) is 9.44. The molecule has 1 heterocycles. The molecule has 138 valence electrons. The minimum Gasteiger partial charge on any atom is -0.459 e. The van der Waals surface area contributed by atoms with Crippen molar-refractivity contribution in [3.8, 4) is 17.7 Å². The Hall–Kier alpha value is -1.50. The maximum Gasteiger partial charge on any atom is 0.228 e. The summed E-state index contributed by atoms with van der Waals surface area (Å²) in [6.45, 7) is 3.58. The first kappa shape index (κ1) is 20.8. The molecular formula is C19H21IN2O3S. The number of carbonyl (C=O) groups is 1. The smallest absolute Gasteiger partial charge is 0.228 e. The second-order valence-corrected chi connectivity index (χ2v) is 7.83. The maximum atomic E-state index is 11.7. The number of aromatic nitrogens is 1. The van der Waals surface area contributed by atoms with Crippen molar-refractivity contribution < 1.29 is 14.3 Å². The van der Waals surface area contributed by atoms with E-state index in [0.29, 0.717) is 5.88 Å². The molecule has 0 fully saturated rings. The van der Waals surface area contributed by atoms with E-state index in [4.69, 9.17) is 9.47 Å². The van der Waals surface area contributed by atoms with Crippen LogP contribution in [0.5, 0.6) is 5.88 Å². The number of nitrogens with zero attached hydrogens (tertiary/aromatic N) is 1. The highest BCUT2D eigenvalue weighted by Gasteiger charge is 2.36. The molecule has 1 aromatic carbocycles. The molecule has 0 aliphatic heterocycles. The molecule has 2 aromatic rings. The molecular weight excluding hydrogens is 463 g/mol. The Bertz CT molecular complexity index is 850. The summed E-state index contributed by atoms with van der Waals surface area (Å²) in [5, 5.41) is 3.95. The van der Waals surface area contributed by atoms with Crippen LogP contribution in [0.1, 0.15) is 13.8 Å². The van der Waals surface area contributed by atoms with E-state index >= 15 is 0 Å². The van der Waals surface area contributed by atoms with E-state index in [-0.39, 0.29) is 12.5 Å². The fourth-order valence-electron chi connectivity index (χ4n) is 2.46.